The van der Waals surface area contributed by atoms with Crippen molar-refractivity contribution in [3.63, 3.8) is 0 Å². The Balaban J connectivity index is 1.14. The van der Waals surface area contributed by atoms with Gasteiger partial charge in [0, 0.05) is 36.0 Å². The first-order valence-electron chi connectivity index (χ1n) is 14.0. The Hall–Kier alpha value is -5.06. The molecule has 0 fully saturated rings. The maximum atomic E-state index is 13.5. The SMILES string of the molecule is O=C(Nc1nc2cccc(Cl)c2s1)c1cccc2c1CN(c1ccc(-c3cnn(Cc4ccccc4)c3)c(C(=O)O)n1)CC2. The average molecular weight is 621 g/mol. The van der Waals surface area contributed by atoms with Crippen molar-refractivity contribution >= 4 is 56.0 Å². The Morgan fingerprint density at radius 2 is 1.82 bits per heavy atom. The van der Waals surface area contributed by atoms with Crippen molar-refractivity contribution in [1.82, 2.24) is 19.7 Å². The maximum absolute atomic E-state index is 13.5. The number of carboxylic acid groups (broad SMARTS) is 1. The number of nitrogens with one attached hydrogen (secondary N) is 1. The summed E-state index contributed by atoms with van der Waals surface area (Å²) in [4.78, 5) is 36.9. The molecule has 0 saturated carbocycles. The molecule has 0 unspecified atom stereocenters. The number of amides is 1. The molecular weight excluding hydrogens is 596 g/mol. The Bertz CT molecular complexity index is 2040. The number of carboxylic acids is 1. The summed E-state index contributed by atoms with van der Waals surface area (Å²) in [5.74, 6) is -0.850. The monoisotopic (exact) mass is 620 g/mol. The van der Waals surface area contributed by atoms with Gasteiger partial charge in [0.15, 0.2) is 10.8 Å². The van der Waals surface area contributed by atoms with Gasteiger partial charge in [0.05, 0.1) is 28.0 Å². The predicted octanol–water partition coefficient (Wildman–Crippen LogP) is 6.77. The number of nitrogens with zero attached hydrogens (tertiary/aromatic N) is 5. The second-order valence-corrected chi connectivity index (χ2v) is 11.9. The number of rotatable bonds is 7. The lowest BCUT2D eigenvalue weighted by atomic mass is 9.94. The summed E-state index contributed by atoms with van der Waals surface area (Å²) < 4.78 is 2.60. The molecule has 0 radical (unpaired) electrons. The molecule has 0 atom stereocenters. The third-order valence-electron chi connectivity index (χ3n) is 7.64. The van der Waals surface area contributed by atoms with Gasteiger partial charge < -0.3 is 10.0 Å². The second kappa shape index (κ2) is 11.6. The number of aromatic carboxylic acids is 1. The van der Waals surface area contributed by atoms with Crippen LogP contribution < -0.4 is 10.2 Å². The van der Waals surface area contributed by atoms with E-state index in [9.17, 15) is 14.7 Å². The van der Waals surface area contributed by atoms with Crippen LogP contribution in [0.15, 0.2) is 91.3 Å². The largest absolute Gasteiger partial charge is 0.476 e. The minimum Gasteiger partial charge on any atom is -0.476 e. The Morgan fingerprint density at radius 1 is 0.977 bits per heavy atom. The van der Waals surface area contributed by atoms with E-state index in [1.807, 2.05) is 71.8 Å². The minimum absolute atomic E-state index is 0.0481. The Labute approximate surface area is 261 Å². The van der Waals surface area contributed by atoms with Crippen molar-refractivity contribution in [3.05, 3.63) is 124 Å². The van der Waals surface area contributed by atoms with E-state index in [4.69, 9.17) is 11.6 Å². The number of hydrogen-bond acceptors (Lipinski definition) is 7. The molecule has 7 rings (SSSR count). The number of halogens is 1. The van der Waals surface area contributed by atoms with E-state index in [0.717, 1.165) is 26.9 Å². The first-order valence-corrected chi connectivity index (χ1v) is 15.2. The molecule has 3 aromatic carbocycles. The number of fused-ring (bicyclic) bond motifs is 2. The summed E-state index contributed by atoms with van der Waals surface area (Å²) in [7, 11) is 0. The smallest absolute Gasteiger partial charge is 0.355 e. The van der Waals surface area contributed by atoms with Gasteiger partial charge in [-0.05, 0) is 53.4 Å². The number of pyridine rings is 1. The lowest BCUT2D eigenvalue weighted by molar-refractivity contribution is 0.0691. The van der Waals surface area contributed by atoms with Crippen LogP contribution in [0.5, 0.6) is 0 Å². The fourth-order valence-electron chi connectivity index (χ4n) is 5.50. The van der Waals surface area contributed by atoms with Crippen molar-refractivity contribution in [2.45, 2.75) is 19.5 Å². The van der Waals surface area contributed by atoms with Crippen LogP contribution in [0, 0.1) is 0 Å². The predicted molar refractivity (Wildman–Crippen MR) is 172 cm³/mol. The van der Waals surface area contributed by atoms with Crippen LogP contribution in [0.25, 0.3) is 21.3 Å². The summed E-state index contributed by atoms with van der Waals surface area (Å²) in [6.45, 7) is 1.62. The van der Waals surface area contributed by atoms with Gasteiger partial charge in [-0.25, -0.2) is 14.8 Å². The highest BCUT2D eigenvalue weighted by molar-refractivity contribution is 7.23. The molecule has 1 aliphatic heterocycles. The van der Waals surface area contributed by atoms with Crippen molar-refractivity contribution in [1.29, 1.82) is 0 Å². The van der Waals surface area contributed by atoms with Crippen LogP contribution in [0.1, 0.15) is 37.5 Å². The highest BCUT2D eigenvalue weighted by Gasteiger charge is 2.25. The molecule has 4 heterocycles. The molecule has 9 nitrogen and oxygen atoms in total. The quantitative estimate of drug-likeness (QED) is 0.202. The fourth-order valence-corrected chi connectivity index (χ4v) is 6.65. The number of thiazole rings is 1. The van der Waals surface area contributed by atoms with Gasteiger partial charge in [0.25, 0.3) is 5.91 Å². The van der Waals surface area contributed by atoms with Crippen molar-refractivity contribution < 1.29 is 14.7 Å². The second-order valence-electron chi connectivity index (χ2n) is 10.5. The summed E-state index contributed by atoms with van der Waals surface area (Å²) in [5.41, 5.74) is 5.43. The number of aromatic nitrogens is 4. The first-order chi connectivity index (χ1) is 21.4. The van der Waals surface area contributed by atoms with Gasteiger partial charge in [0.1, 0.15) is 5.82 Å². The number of carbonyl (C=O) groups excluding carboxylic acids is 1. The molecule has 11 heteroatoms. The van der Waals surface area contributed by atoms with Crippen molar-refractivity contribution in [3.8, 4) is 11.1 Å². The Kier molecular flexibility index (Phi) is 7.29. The zero-order chi connectivity index (χ0) is 30.2. The molecule has 0 aliphatic carbocycles. The zero-order valence-corrected chi connectivity index (χ0v) is 24.8. The summed E-state index contributed by atoms with van der Waals surface area (Å²) in [6.07, 6.45) is 4.18. The van der Waals surface area contributed by atoms with E-state index in [1.54, 1.807) is 29.1 Å². The molecule has 0 spiro atoms. The standard InChI is InChI=1S/C33H25ClN6O3S/c34-26-10-5-11-27-30(26)44-33(36-27)38-31(41)24-9-4-8-21-14-15-39(19-25(21)24)28-13-12-23(29(37-28)32(42)43)22-16-35-40(18-22)17-20-6-2-1-3-7-20/h1-13,16,18H,14-15,17,19H2,(H,42,43)(H,36,38,41). The fraction of sp³-hybridized carbons (Fsp3) is 0.121. The average Bonchev–Trinajstić information content (AvgIpc) is 3.68. The molecule has 1 aliphatic rings. The lowest BCUT2D eigenvalue weighted by Crippen LogP contribution is -2.33. The third kappa shape index (κ3) is 5.41. The molecule has 6 aromatic rings. The normalized spacial score (nSPS) is 12.7. The van der Waals surface area contributed by atoms with Crippen LogP contribution in [0.2, 0.25) is 5.02 Å². The van der Waals surface area contributed by atoms with Gasteiger partial charge in [-0.1, -0.05) is 71.5 Å². The molecule has 218 valence electrons. The third-order valence-corrected chi connectivity index (χ3v) is 9.09. The number of hydrogen-bond donors (Lipinski definition) is 2. The molecule has 44 heavy (non-hydrogen) atoms. The van der Waals surface area contributed by atoms with Crippen molar-refractivity contribution in [2.75, 3.05) is 16.8 Å². The van der Waals surface area contributed by atoms with Gasteiger partial charge >= 0.3 is 5.97 Å². The summed E-state index contributed by atoms with van der Waals surface area (Å²) in [6, 6.07) is 24.7. The van der Waals surface area contributed by atoms with Crippen LogP contribution >= 0.6 is 22.9 Å². The highest BCUT2D eigenvalue weighted by Crippen LogP contribution is 2.33. The molecule has 0 bridgehead atoms. The van der Waals surface area contributed by atoms with Gasteiger partial charge in [-0.2, -0.15) is 5.10 Å². The summed E-state index contributed by atoms with van der Waals surface area (Å²) in [5, 5.41) is 18.5. The van der Waals surface area contributed by atoms with Crippen LogP contribution in [0.3, 0.4) is 0 Å². The topological polar surface area (TPSA) is 113 Å². The van der Waals surface area contributed by atoms with E-state index in [0.29, 0.717) is 58.7 Å². The maximum Gasteiger partial charge on any atom is 0.355 e. The van der Waals surface area contributed by atoms with E-state index in [1.165, 1.54) is 11.3 Å². The lowest BCUT2D eigenvalue weighted by Gasteiger charge is -2.31. The first kappa shape index (κ1) is 27.8. The minimum atomic E-state index is -1.12. The summed E-state index contributed by atoms with van der Waals surface area (Å²) >= 11 is 7.63. The number of benzene rings is 3. The highest BCUT2D eigenvalue weighted by atomic mass is 35.5. The van der Waals surface area contributed by atoms with E-state index >= 15 is 0 Å². The molecule has 2 N–H and O–H groups in total. The van der Waals surface area contributed by atoms with Gasteiger partial charge in [-0.3, -0.25) is 14.8 Å². The van der Waals surface area contributed by atoms with Crippen LogP contribution in [-0.2, 0) is 19.5 Å². The van der Waals surface area contributed by atoms with E-state index < -0.39 is 5.97 Å². The van der Waals surface area contributed by atoms with Gasteiger partial charge in [0.2, 0.25) is 0 Å². The number of anilines is 2. The van der Waals surface area contributed by atoms with E-state index in [-0.39, 0.29) is 11.6 Å². The molecule has 0 saturated heterocycles. The molecule has 3 aromatic heterocycles. The molecular formula is C33H25ClN6O3S. The van der Waals surface area contributed by atoms with Crippen LogP contribution in [-0.4, -0.2) is 43.3 Å². The molecule has 1 amide bonds. The van der Waals surface area contributed by atoms with Crippen LogP contribution in [0.4, 0.5) is 10.9 Å². The van der Waals surface area contributed by atoms with Gasteiger partial charge in [-0.15, -0.1) is 0 Å². The Morgan fingerprint density at radius 3 is 2.64 bits per heavy atom. The number of carbonyl (C=O) groups is 2. The van der Waals surface area contributed by atoms with Crippen molar-refractivity contribution in [2.24, 2.45) is 0 Å². The zero-order valence-electron chi connectivity index (χ0n) is 23.3. The van der Waals surface area contributed by atoms with E-state index in [2.05, 4.69) is 20.4 Å².